The third-order valence-corrected chi connectivity index (χ3v) is 6.16. The van der Waals surface area contributed by atoms with E-state index in [1.54, 1.807) is 6.07 Å². The van der Waals surface area contributed by atoms with Crippen molar-refractivity contribution >= 4 is 50.2 Å². The zero-order valence-corrected chi connectivity index (χ0v) is 20.3. The Hall–Kier alpha value is -2.97. The molecule has 0 aliphatic carbocycles. The summed E-state index contributed by atoms with van der Waals surface area (Å²) in [6.07, 6.45) is 0. The number of hydrogen-bond acceptors (Lipinski definition) is 6. The number of nitrogens with zero attached hydrogens (tertiary/aromatic N) is 1. The molecule has 174 valence electrons. The van der Waals surface area contributed by atoms with Crippen LogP contribution in [0.4, 0.5) is 20.2 Å². The first-order valence-corrected chi connectivity index (χ1v) is 11.7. The van der Waals surface area contributed by atoms with Gasteiger partial charge in [0.15, 0.2) is 0 Å². The summed E-state index contributed by atoms with van der Waals surface area (Å²) in [5.41, 5.74) is 5.15. The van der Waals surface area contributed by atoms with Crippen molar-refractivity contribution in [2.24, 2.45) is 5.73 Å². The third-order valence-electron chi connectivity index (χ3n) is 4.20. The molecule has 1 amide bonds. The normalized spacial score (nSPS) is 11.3. The standard InChI is InChI=1S/C21H18F2IN3O5S/c1-27(2)33(29,30)32-15-5-3-4-14(11-15)31-19-9-12(22)8-18(20(19)21(25)28)26-17-7-6-13(24)10-16(17)23/h3-11,26H,1-2H3,(H2,25,28). The number of nitrogens with two attached hydrogens (primary N) is 1. The van der Waals surface area contributed by atoms with Gasteiger partial charge in [0.25, 0.3) is 5.91 Å². The molecule has 0 radical (unpaired) electrons. The minimum absolute atomic E-state index is 0.00115. The molecule has 33 heavy (non-hydrogen) atoms. The van der Waals surface area contributed by atoms with Crippen LogP contribution in [0.15, 0.2) is 54.6 Å². The number of anilines is 2. The van der Waals surface area contributed by atoms with Crippen LogP contribution in [0.5, 0.6) is 17.2 Å². The highest BCUT2D eigenvalue weighted by Gasteiger charge is 2.20. The number of ether oxygens (including phenoxy) is 1. The van der Waals surface area contributed by atoms with E-state index in [9.17, 15) is 22.0 Å². The van der Waals surface area contributed by atoms with Crippen molar-refractivity contribution in [1.29, 1.82) is 0 Å². The lowest BCUT2D eigenvalue weighted by atomic mass is 10.1. The lowest BCUT2D eigenvalue weighted by Gasteiger charge is -2.16. The predicted octanol–water partition coefficient (Wildman–Crippen LogP) is 4.39. The predicted molar refractivity (Wildman–Crippen MR) is 127 cm³/mol. The van der Waals surface area contributed by atoms with Gasteiger partial charge in [0.2, 0.25) is 0 Å². The van der Waals surface area contributed by atoms with Crippen molar-refractivity contribution < 1.29 is 30.9 Å². The van der Waals surface area contributed by atoms with E-state index in [4.69, 9.17) is 14.7 Å². The summed E-state index contributed by atoms with van der Waals surface area (Å²) in [7, 11) is -1.42. The number of benzene rings is 3. The van der Waals surface area contributed by atoms with E-state index in [-0.39, 0.29) is 34.2 Å². The molecule has 0 spiro atoms. The van der Waals surface area contributed by atoms with Gasteiger partial charge in [0.05, 0.1) is 11.4 Å². The fourth-order valence-electron chi connectivity index (χ4n) is 2.66. The first-order chi connectivity index (χ1) is 15.5. The summed E-state index contributed by atoms with van der Waals surface area (Å²) in [6, 6.07) is 11.7. The first-order valence-electron chi connectivity index (χ1n) is 9.21. The molecule has 0 atom stereocenters. The third kappa shape index (κ3) is 6.09. The van der Waals surface area contributed by atoms with Crippen LogP contribution in [0.1, 0.15) is 10.4 Å². The minimum atomic E-state index is -4.02. The van der Waals surface area contributed by atoms with E-state index in [1.807, 2.05) is 22.6 Å². The first kappa shape index (κ1) is 24.7. The van der Waals surface area contributed by atoms with Crippen LogP contribution in [0.25, 0.3) is 0 Å². The zero-order valence-electron chi connectivity index (χ0n) is 17.3. The Morgan fingerprint density at radius 2 is 1.73 bits per heavy atom. The van der Waals surface area contributed by atoms with Crippen LogP contribution >= 0.6 is 22.6 Å². The molecule has 3 rings (SSSR count). The summed E-state index contributed by atoms with van der Waals surface area (Å²) in [4.78, 5) is 12.2. The van der Waals surface area contributed by atoms with Gasteiger partial charge in [-0.25, -0.2) is 8.78 Å². The van der Waals surface area contributed by atoms with Gasteiger partial charge in [0.1, 0.15) is 34.4 Å². The van der Waals surface area contributed by atoms with Gasteiger partial charge in [-0.3, -0.25) is 4.79 Å². The number of carbonyl (C=O) groups excluding carboxylic acids is 1. The molecule has 12 heteroatoms. The lowest BCUT2D eigenvalue weighted by molar-refractivity contribution is 0.0999. The molecule has 3 aromatic rings. The average Bonchev–Trinajstić information content (AvgIpc) is 2.69. The minimum Gasteiger partial charge on any atom is -0.456 e. The van der Waals surface area contributed by atoms with Crippen molar-refractivity contribution in [3.63, 3.8) is 0 Å². The van der Waals surface area contributed by atoms with E-state index in [2.05, 4.69) is 5.32 Å². The highest BCUT2D eigenvalue weighted by molar-refractivity contribution is 14.1. The number of carbonyl (C=O) groups is 1. The number of rotatable bonds is 8. The summed E-state index contributed by atoms with van der Waals surface area (Å²) < 4.78 is 64.6. The molecule has 0 fully saturated rings. The molecule has 0 aromatic heterocycles. The highest BCUT2D eigenvalue weighted by Crippen LogP contribution is 2.35. The van der Waals surface area contributed by atoms with Gasteiger partial charge in [0, 0.05) is 29.8 Å². The van der Waals surface area contributed by atoms with Gasteiger partial charge in [-0.2, -0.15) is 12.7 Å². The van der Waals surface area contributed by atoms with E-state index in [0.29, 0.717) is 3.57 Å². The highest BCUT2D eigenvalue weighted by atomic mass is 127. The number of primary amides is 1. The van der Waals surface area contributed by atoms with E-state index < -0.39 is 27.8 Å². The Labute approximate surface area is 202 Å². The second-order valence-electron chi connectivity index (χ2n) is 6.84. The molecule has 0 unspecified atom stereocenters. The Morgan fingerprint density at radius 1 is 1.03 bits per heavy atom. The molecule has 3 N–H and O–H groups in total. The monoisotopic (exact) mass is 589 g/mol. The molecule has 0 saturated carbocycles. The number of hydrogen-bond donors (Lipinski definition) is 2. The maximum Gasteiger partial charge on any atom is 0.384 e. The van der Waals surface area contributed by atoms with Crippen LogP contribution in [-0.4, -0.2) is 32.7 Å². The molecule has 0 aliphatic heterocycles. The van der Waals surface area contributed by atoms with Crippen molar-refractivity contribution in [3.8, 4) is 17.2 Å². The van der Waals surface area contributed by atoms with E-state index in [1.165, 1.54) is 50.5 Å². The molecular weight excluding hydrogens is 571 g/mol. The van der Waals surface area contributed by atoms with Crippen LogP contribution in [0.2, 0.25) is 0 Å². The molecule has 0 bridgehead atoms. The Kier molecular flexibility index (Phi) is 7.39. The van der Waals surface area contributed by atoms with Gasteiger partial charge in [-0.15, -0.1) is 0 Å². The van der Waals surface area contributed by atoms with Crippen LogP contribution in [-0.2, 0) is 10.3 Å². The molecule has 8 nitrogen and oxygen atoms in total. The molecule has 0 heterocycles. The van der Waals surface area contributed by atoms with Gasteiger partial charge in [-0.05, 0) is 59.0 Å². The molecule has 0 aliphatic rings. The fourth-order valence-corrected chi connectivity index (χ4v) is 3.61. The second kappa shape index (κ2) is 9.89. The topological polar surface area (TPSA) is 111 Å². The van der Waals surface area contributed by atoms with Crippen LogP contribution in [0.3, 0.4) is 0 Å². The van der Waals surface area contributed by atoms with Gasteiger partial charge in [-0.1, -0.05) is 6.07 Å². The summed E-state index contributed by atoms with van der Waals surface area (Å²) in [5.74, 6) is -2.65. The van der Waals surface area contributed by atoms with Gasteiger partial charge >= 0.3 is 10.3 Å². The quantitative estimate of drug-likeness (QED) is 0.378. The average molecular weight is 589 g/mol. The Bertz CT molecular complexity index is 1320. The summed E-state index contributed by atoms with van der Waals surface area (Å²) in [6.45, 7) is 0. The van der Waals surface area contributed by atoms with Crippen molar-refractivity contribution in [2.45, 2.75) is 0 Å². The maximum atomic E-state index is 14.4. The van der Waals surface area contributed by atoms with Crippen molar-refractivity contribution in [2.75, 3.05) is 19.4 Å². The van der Waals surface area contributed by atoms with E-state index in [0.717, 1.165) is 16.4 Å². The van der Waals surface area contributed by atoms with Crippen molar-refractivity contribution in [3.05, 3.63) is 75.4 Å². The molecule has 3 aromatic carbocycles. The lowest BCUT2D eigenvalue weighted by Crippen LogP contribution is -2.26. The van der Waals surface area contributed by atoms with E-state index >= 15 is 0 Å². The second-order valence-corrected chi connectivity index (χ2v) is 9.84. The molecular formula is C21H18F2IN3O5S. The SMILES string of the molecule is CN(C)S(=O)(=O)Oc1cccc(Oc2cc(F)cc(Nc3ccc(I)cc3F)c2C(N)=O)c1. The van der Waals surface area contributed by atoms with Crippen LogP contribution < -0.4 is 20.0 Å². The number of halogens is 3. The Balaban J connectivity index is 1.99. The fraction of sp³-hybridized carbons (Fsp3) is 0.0952. The van der Waals surface area contributed by atoms with Crippen molar-refractivity contribution in [1.82, 2.24) is 4.31 Å². The smallest absolute Gasteiger partial charge is 0.384 e. The Morgan fingerprint density at radius 3 is 2.36 bits per heavy atom. The zero-order chi connectivity index (χ0) is 24.3. The van der Waals surface area contributed by atoms with Gasteiger partial charge < -0.3 is 20.0 Å². The summed E-state index contributed by atoms with van der Waals surface area (Å²) in [5, 5.41) is 2.66. The maximum absolute atomic E-state index is 14.4. The number of nitrogens with one attached hydrogen (secondary N) is 1. The number of amides is 1. The molecule has 0 saturated heterocycles. The van der Waals surface area contributed by atoms with Crippen LogP contribution in [0, 0.1) is 15.2 Å². The largest absolute Gasteiger partial charge is 0.456 e. The summed E-state index contributed by atoms with van der Waals surface area (Å²) >= 11 is 1.94.